The first-order valence-corrected chi connectivity index (χ1v) is 13.2. The van der Waals surface area contributed by atoms with Crippen LogP contribution in [0, 0.1) is 11.8 Å². The predicted molar refractivity (Wildman–Crippen MR) is 143 cm³/mol. The quantitative estimate of drug-likeness (QED) is 0.0780. The van der Waals surface area contributed by atoms with E-state index < -0.39 is 0 Å². The van der Waals surface area contributed by atoms with Gasteiger partial charge in [0.1, 0.15) is 6.29 Å². The van der Waals surface area contributed by atoms with Crippen LogP contribution in [0.2, 0.25) is 0 Å². The number of carbonyl (C=O) groups is 2. The fraction of sp³-hybridized carbons (Fsp3) is 0.690. The fourth-order valence-electron chi connectivity index (χ4n) is 3.75. The minimum Gasteiger partial charge on any atom is -0.379 e. The van der Waals surface area contributed by atoms with Gasteiger partial charge in [0.05, 0.1) is 33.0 Å². The van der Waals surface area contributed by atoms with E-state index in [1.54, 1.807) is 0 Å². The van der Waals surface area contributed by atoms with Crippen molar-refractivity contribution in [3.05, 3.63) is 42.7 Å². The molecule has 200 valence electrons. The Bertz CT molecular complexity index is 625. The van der Waals surface area contributed by atoms with Gasteiger partial charge in [0.25, 0.3) is 0 Å². The minimum absolute atomic E-state index is 0.00672. The number of aldehydes is 1. The molecule has 0 bridgehead atoms. The molecule has 2 atom stereocenters. The van der Waals surface area contributed by atoms with Gasteiger partial charge in [0.2, 0.25) is 5.91 Å². The van der Waals surface area contributed by atoms with Gasteiger partial charge in [-0.25, -0.2) is 0 Å². The summed E-state index contributed by atoms with van der Waals surface area (Å²) in [6.07, 6.45) is 14.6. The molecule has 1 amide bonds. The van der Waals surface area contributed by atoms with Crippen LogP contribution in [0.1, 0.15) is 71.6 Å². The lowest BCUT2D eigenvalue weighted by Crippen LogP contribution is -2.28. The molecule has 1 N–H and O–H groups in total. The Morgan fingerprint density at radius 1 is 1.00 bits per heavy atom. The maximum Gasteiger partial charge on any atom is 0.220 e. The van der Waals surface area contributed by atoms with Crippen molar-refractivity contribution < 1.29 is 23.8 Å². The van der Waals surface area contributed by atoms with Crippen LogP contribution in [0.5, 0.6) is 0 Å². The van der Waals surface area contributed by atoms with Crippen molar-refractivity contribution >= 4 is 12.2 Å². The molecular formula is C29H49NO5. The van der Waals surface area contributed by atoms with Gasteiger partial charge in [-0.15, -0.1) is 5.73 Å². The van der Waals surface area contributed by atoms with Gasteiger partial charge in [-0.05, 0) is 62.9 Å². The van der Waals surface area contributed by atoms with Crippen molar-refractivity contribution in [1.29, 1.82) is 0 Å². The molecule has 0 aliphatic heterocycles. The zero-order valence-electron chi connectivity index (χ0n) is 22.2. The molecule has 6 nitrogen and oxygen atoms in total. The standard InChI is InChI=1S/C29H49NO5/c1-5-8-9-10-11-20-33-22-24-35-25-23-34-21-18-30-29(32)16-15-27(17-19-31)14-13-26(4)28(7-3)12-6-2/h6,8,12,19,26-27H,1-2,7,9-11,13-18,20-25H2,3-4H3,(H,30,32)/b28-12+. The number of hydrogen-bond donors (Lipinski definition) is 1. The van der Waals surface area contributed by atoms with Crippen molar-refractivity contribution in [3.63, 3.8) is 0 Å². The van der Waals surface area contributed by atoms with E-state index in [-0.39, 0.29) is 11.8 Å². The molecule has 0 rings (SSSR count). The van der Waals surface area contributed by atoms with E-state index in [9.17, 15) is 9.59 Å². The van der Waals surface area contributed by atoms with Gasteiger partial charge in [0, 0.05) is 26.0 Å². The minimum atomic E-state index is 0.00672. The Balaban J connectivity index is 3.73. The molecule has 0 aliphatic carbocycles. The number of ether oxygens (including phenoxy) is 3. The van der Waals surface area contributed by atoms with Gasteiger partial charge in [-0.2, -0.15) is 0 Å². The van der Waals surface area contributed by atoms with Crippen LogP contribution in [0.15, 0.2) is 42.7 Å². The summed E-state index contributed by atoms with van der Waals surface area (Å²) < 4.78 is 16.5. The first-order valence-electron chi connectivity index (χ1n) is 13.2. The zero-order valence-corrected chi connectivity index (χ0v) is 22.2. The highest BCUT2D eigenvalue weighted by molar-refractivity contribution is 5.75. The van der Waals surface area contributed by atoms with E-state index in [0.29, 0.717) is 58.3 Å². The number of nitrogens with one attached hydrogen (secondary N) is 1. The van der Waals surface area contributed by atoms with E-state index in [1.807, 2.05) is 12.2 Å². The molecule has 0 saturated heterocycles. The Kier molecular flexibility index (Phi) is 23.7. The lowest BCUT2D eigenvalue weighted by atomic mass is 9.87. The maximum atomic E-state index is 12.1. The van der Waals surface area contributed by atoms with Crippen LogP contribution >= 0.6 is 0 Å². The summed E-state index contributed by atoms with van der Waals surface area (Å²) in [4.78, 5) is 23.2. The first kappa shape index (κ1) is 33.0. The van der Waals surface area contributed by atoms with Crippen molar-refractivity contribution in [2.24, 2.45) is 11.8 Å². The Morgan fingerprint density at radius 2 is 1.69 bits per heavy atom. The number of amides is 1. The largest absolute Gasteiger partial charge is 0.379 e. The van der Waals surface area contributed by atoms with E-state index in [0.717, 1.165) is 57.8 Å². The highest BCUT2D eigenvalue weighted by Gasteiger charge is 2.14. The van der Waals surface area contributed by atoms with Crippen LogP contribution < -0.4 is 5.32 Å². The molecule has 0 aromatic carbocycles. The summed E-state index contributed by atoms with van der Waals surface area (Å²) in [5.41, 5.74) is 4.14. The molecule has 0 aromatic rings. The third kappa shape index (κ3) is 21.1. The summed E-state index contributed by atoms with van der Waals surface area (Å²) in [6, 6.07) is 0. The Labute approximate surface area is 213 Å². The second-order valence-electron chi connectivity index (χ2n) is 8.71. The third-order valence-electron chi connectivity index (χ3n) is 5.93. The number of unbranched alkanes of at least 4 members (excludes halogenated alkanes) is 2. The summed E-state index contributed by atoms with van der Waals surface area (Å²) in [5.74, 6) is 0.714. The number of carbonyl (C=O) groups excluding carboxylic acids is 2. The monoisotopic (exact) mass is 491 g/mol. The summed E-state index contributed by atoms with van der Waals surface area (Å²) in [7, 11) is 0. The second-order valence-corrected chi connectivity index (χ2v) is 8.71. The molecule has 0 spiro atoms. The van der Waals surface area contributed by atoms with Crippen LogP contribution in [0.25, 0.3) is 0 Å². The molecule has 0 saturated carbocycles. The molecule has 6 heteroatoms. The topological polar surface area (TPSA) is 73.9 Å². The molecule has 0 aromatic heterocycles. The predicted octanol–water partition coefficient (Wildman–Crippen LogP) is 5.59. The van der Waals surface area contributed by atoms with E-state index in [2.05, 4.69) is 44.1 Å². The van der Waals surface area contributed by atoms with Crippen LogP contribution in [-0.4, -0.2) is 58.4 Å². The summed E-state index contributed by atoms with van der Waals surface area (Å²) in [6.45, 7) is 15.5. The lowest BCUT2D eigenvalue weighted by Gasteiger charge is -2.19. The van der Waals surface area contributed by atoms with Gasteiger partial charge in [0.15, 0.2) is 0 Å². The average molecular weight is 492 g/mol. The molecule has 0 aliphatic rings. The van der Waals surface area contributed by atoms with Gasteiger partial charge < -0.3 is 24.3 Å². The maximum absolute atomic E-state index is 12.1. The third-order valence-corrected chi connectivity index (χ3v) is 5.93. The van der Waals surface area contributed by atoms with Crippen LogP contribution in [0.3, 0.4) is 0 Å². The van der Waals surface area contributed by atoms with Gasteiger partial charge in [-0.3, -0.25) is 4.79 Å². The van der Waals surface area contributed by atoms with Crippen molar-refractivity contribution in [3.8, 4) is 0 Å². The molecule has 0 fully saturated rings. The lowest BCUT2D eigenvalue weighted by molar-refractivity contribution is -0.122. The first-order chi connectivity index (χ1) is 17.1. The zero-order chi connectivity index (χ0) is 26.0. The molecular weight excluding hydrogens is 442 g/mol. The average Bonchev–Trinajstić information content (AvgIpc) is 2.86. The highest BCUT2D eigenvalue weighted by Crippen LogP contribution is 2.25. The van der Waals surface area contributed by atoms with Crippen molar-refractivity contribution in [2.75, 3.05) is 46.2 Å². The molecule has 35 heavy (non-hydrogen) atoms. The van der Waals surface area contributed by atoms with Gasteiger partial charge in [-0.1, -0.05) is 44.7 Å². The van der Waals surface area contributed by atoms with Crippen LogP contribution in [-0.2, 0) is 23.8 Å². The molecule has 0 heterocycles. The van der Waals surface area contributed by atoms with E-state index in [4.69, 9.17) is 14.2 Å². The molecule has 0 radical (unpaired) electrons. The second kappa shape index (κ2) is 25.1. The normalized spacial score (nSPS) is 13.0. The Hall–Kier alpha value is -1.98. The van der Waals surface area contributed by atoms with E-state index >= 15 is 0 Å². The Morgan fingerprint density at radius 3 is 2.31 bits per heavy atom. The SMILES string of the molecule is C=C=CCCCCOCCOCCOCCNC(=O)CCC(CC=O)CCC(C)/C(=C/C=C)CC. The number of hydrogen-bond acceptors (Lipinski definition) is 5. The highest BCUT2D eigenvalue weighted by atomic mass is 16.5. The summed E-state index contributed by atoms with van der Waals surface area (Å²) in [5, 5.41) is 2.89. The molecule has 2 unspecified atom stereocenters. The fourth-order valence-corrected chi connectivity index (χ4v) is 3.75. The van der Waals surface area contributed by atoms with Crippen molar-refractivity contribution in [2.45, 2.75) is 71.6 Å². The smallest absolute Gasteiger partial charge is 0.220 e. The van der Waals surface area contributed by atoms with E-state index in [1.165, 1.54) is 5.57 Å². The van der Waals surface area contributed by atoms with Crippen LogP contribution in [0.4, 0.5) is 0 Å². The number of allylic oxidation sites excluding steroid dienone is 4. The summed E-state index contributed by atoms with van der Waals surface area (Å²) >= 11 is 0. The van der Waals surface area contributed by atoms with Gasteiger partial charge >= 0.3 is 0 Å². The number of rotatable bonds is 25. The van der Waals surface area contributed by atoms with Crippen molar-refractivity contribution in [1.82, 2.24) is 5.32 Å².